The molecule has 3 rings (SSSR count). The zero-order valence-corrected chi connectivity index (χ0v) is 11.9. The van der Waals surface area contributed by atoms with Gasteiger partial charge in [-0.2, -0.15) is 0 Å². The zero-order valence-electron chi connectivity index (χ0n) is 11.0. The van der Waals surface area contributed by atoms with E-state index in [-0.39, 0.29) is 11.9 Å². The molecule has 20 heavy (non-hydrogen) atoms. The lowest BCUT2D eigenvalue weighted by Gasteiger charge is -2.29. The molecule has 1 heterocycles. The Bertz CT molecular complexity index is 630. The largest absolute Gasteiger partial charge is 0.485 e. The van der Waals surface area contributed by atoms with Gasteiger partial charge in [-0.05, 0) is 42.3 Å². The van der Waals surface area contributed by atoms with Gasteiger partial charge in [-0.15, -0.1) is 11.8 Å². The van der Waals surface area contributed by atoms with Gasteiger partial charge in [0.05, 0.1) is 0 Å². The van der Waals surface area contributed by atoms with Gasteiger partial charge in [-0.3, -0.25) is 0 Å². The van der Waals surface area contributed by atoms with Crippen LogP contribution in [0, 0.1) is 12.7 Å². The number of aliphatic hydroxyl groups excluding tert-OH is 1. The van der Waals surface area contributed by atoms with Crippen molar-refractivity contribution in [1.29, 1.82) is 0 Å². The van der Waals surface area contributed by atoms with E-state index in [4.69, 9.17) is 4.74 Å². The van der Waals surface area contributed by atoms with Crippen LogP contribution in [0.4, 0.5) is 4.39 Å². The lowest BCUT2D eigenvalue weighted by Crippen LogP contribution is -2.30. The first-order chi connectivity index (χ1) is 9.65. The lowest BCUT2D eigenvalue weighted by atomic mass is 10.00. The van der Waals surface area contributed by atoms with Crippen LogP contribution in [0.15, 0.2) is 47.4 Å². The van der Waals surface area contributed by atoms with Gasteiger partial charge in [0.2, 0.25) is 0 Å². The number of aliphatic hydroxyl groups is 1. The van der Waals surface area contributed by atoms with Gasteiger partial charge in [0, 0.05) is 10.6 Å². The van der Waals surface area contributed by atoms with Crippen LogP contribution in [-0.4, -0.2) is 17.0 Å². The number of fused-ring (bicyclic) bond motifs is 1. The number of benzene rings is 2. The summed E-state index contributed by atoms with van der Waals surface area (Å²) in [4.78, 5) is 1.08. The van der Waals surface area contributed by atoms with Gasteiger partial charge in [-0.1, -0.05) is 18.2 Å². The molecule has 2 nitrogen and oxygen atoms in total. The summed E-state index contributed by atoms with van der Waals surface area (Å²) in [5.41, 5.74) is 1.46. The molecule has 2 aromatic rings. The molecule has 1 aliphatic rings. The van der Waals surface area contributed by atoms with E-state index in [1.54, 1.807) is 17.8 Å². The number of ether oxygens (including phenoxy) is 1. The number of hydrogen-bond donors (Lipinski definition) is 1. The Hall–Kier alpha value is -1.52. The van der Waals surface area contributed by atoms with Crippen molar-refractivity contribution in [1.82, 2.24) is 0 Å². The third-order valence-electron chi connectivity index (χ3n) is 3.44. The van der Waals surface area contributed by atoms with Crippen LogP contribution in [0.2, 0.25) is 0 Å². The Balaban J connectivity index is 1.85. The molecule has 0 saturated heterocycles. The molecule has 0 spiro atoms. The smallest absolute Gasteiger partial charge is 0.138 e. The average molecular weight is 290 g/mol. The van der Waals surface area contributed by atoms with E-state index in [1.165, 1.54) is 12.1 Å². The van der Waals surface area contributed by atoms with Crippen molar-refractivity contribution in [3.63, 3.8) is 0 Å². The fraction of sp³-hybridized carbons (Fsp3) is 0.250. The molecule has 2 unspecified atom stereocenters. The first kappa shape index (κ1) is 13.5. The number of hydrogen-bond acceptors (Lipinski definition) is 3. The summed E-state index contributed by atoms with van der Waals surface area (Å²) in [5.74, 6) is 1.09. The number of halogens is 1. The summed E-state index contributed by atoms with van der Waals surface area (Å²) in [6.07, 6.45) is -1.19. The highest BCUT2D eigenvalue weighted by Crippen LogP contribution is 2.38. The lowest BCUT2D eigenvalue weighted by molar-refractivity contribution is 0.0451. The molecule has 2 aromatic carbocycles. The van der Waals surface area contributed by atoms with E-state index in [9.17, 15) is 9.50 Å². The normalized spacial score (nSPS) is 19.1. The third kappa shape index (κ3) is 2.53. The van der Waals surface area contributed by atoms with Crippen LogP contribution < -0.4 is 4.74 Å². The molecule has 0 fully saturated rings. The molecular weight excluding hydrogens is 275 g/mol. The Morgan fingerprint density at radius 1 is 1.30 bits per heavy atom. The molecule has 0 saturated carbocycles. The van der Waals surface area contributed by atoms with E-state index in [0.29, 0.717) is 11.3 Å². The first-order valence-electron chi connectivity index (χ1n) is 6.48. The molecule has 0 aliphatic carbocycles. The Morgan fingerprint density at radius 3 is 2.95 bits per heavy atom. The van der Waals surface area contributed by atoms with E-state index < -0.39 is 6.10 Å². The van der Waals surface area contributed by atoms with Crippen molar-refractivity contribution in [2.45, 2.75) is 24.0 Å². The predicted octanol–water partition coefficient (Wildman–Crippen LogP) is 3.72. The number of aryl methyl sites for hydroxylation is 1. The van der Waals surface area contributed by atoms with E-state index in [2.05, 4.69) is 0 Å². The molecule has 1 N–H and O–H groups in total. The number of para-hydroxylation sites is 1. The standard InChI is InChI=1S/C16H15FO2S/c1-10-6-7-11(17)8-12(10)16(18)14-9-20-15-5-3-2-4-13(15)19-14/h2-8,14,16,18H,9H2,1H3. The summed E-state index contributed by atoms with van der Waals surface area (Å²) in [5, 5.41) is 10.5. The topological polar surface area (TPSA) is 29.5 Å². The van der Waals surface area contributed by atoms with Gasteiger partial charge in [0.25, 0.3) is 0 Å². The molecule has 104 valence electrons. The zero-order chi connectivity index (χ0) is 14.1. The van der Waals surface area contributed by atoms with Crippen LogP contribution in [0.25, 0.3) is 0 Å². The van der Waals surface area contributed by atoms with Crippen LogP contribution in [0.3, 0.4) is 0 Å². The summed E-state index contributed by atoms with van der Waals surface area (Å²) in [6.45, 7) is 1.86. The monoisotopic (exact) mass is 290 g/mol. The highest BCUT2D eigenvalue weighted by Gasteiger charge is 2.28. The van der Waals surface area contributed by atoms with E-state index >= 15 is 0 Å². The van der Waals surface area contributed by atoms with Crippen molar-refractivity contribution in [3.05, 3.63) is 59.4 Å². The second kappa shape index (κ2) is 5.46. The van der Waals surface area contributed by atoms with Crippen LogP contribution in [-0.2, 0) is 0 Å². The van der Waals surface area contributed by atoms with Gasteiger partial charge >= 0.3 is 0 Å². The second-order valence-electron chi connectivity index (χ2n) is 4.86. The summed E-state index contributed by atoms with van der Waals surface area (Å²) in [7, 11) is 0. The maximum absolute atomic E-state index is 13.4. The van der Waals surface area contributed by atoms with Crippen molar-refractivity contribution in [2.75, 3.05) is 5.75 Å². The summed E-state index contributed by atoms with van der Waals surface area (Å²) >= 11 is 1.65. The van der Waals surface area contributed by atoms with E-state index in [0.717, 1.165) is 16.2 Å². The fourth-order valence-corrected chi connectivity index (χ4v) is 3.35. The van der Waals surface area contributed by atoms with Gasteiger partial charge < -0.3 is 9.84 Å². The van der Waals surface area contributed by atoms with Gasteiger partial charge in [0.15, 0.2) is 0 Å². The molecule has 0 bridgehead atoms. The summed E-state index contributed by atoms with van der Waals surface area (Å²) < 4.78 is 19.2. The quantitative estimate of drug-likeness (QED) is 0.914. The number of thioether (sulfide) groups is 1. The van der Waals surface area contributed by atoms with Crippen molar-refractivity contribution in [3.8, 4) is 5.75 Å². The highest BCUT2D eigenvalue weighted by molar-refractivity contribution is 7.99. The molecule has 2 atom stereocenters. The van der Waals surface area contributed by atoms with Crippen LogP contribution in [0.5, 0.6) is 5.75 Å². The fourth-order valence-electron chi connectivity index (χ4n) is 2.32. The molecule has 0 amide bonds. The maximum atomic E-state index is 13.4. The Morgan fingerprint density at radius 2 is 2.10 bits per heavy atom. The highest BCUT2D eigenvalue weighted by atomic mass is 32.2. The average Bonchev–Trinajstić information content (AvgIpc) is 2.48. The van der Waals surface area contributed by atoms with Crippen molar-refractivity contribution >= 4 is 11.8 Å². The minimum absolute atomic E-state index is 0.339. The third-order valence-corrected chi connectivity index (χ3v) is 4.59. The van der Waals surface area contributed by atoms with Gasteiger partial charge in [-0.25, -0.2) is 4.39 Å². The molecule has 1 aliphatic heterocycles. The first-order valence-corrected chi connectivity index (χ1v) is 7.46. The second-order valence-corrected chi connectivity index (χ2v) is 5.92. The van der Waals surface area contributed by atoms with E-state index in [1.807, 2.05) is 31.2 Å². The van der Waals surface area contributed by atoms with Gasteiger partial charge in [0.1, 0.15) is 23.8 Å². The van der Waals surface area contributed by atoms with Crippen molar-refractivity contribution < 1.29 is 14.2 Å². The maximum Gasteiger partial charge on any atom is 0.138 e. The van der Waals surface area contributed by atoms with Crippen LogP contribution >= 0.6 is 11.8 Å². The molecule has 0 aromatic heterocycles. The SMILES string of the molecule is Cc1ccc(F)cc1C(O)C1CSc2ccccc2O1. The van der Waals surface area contributed by atoms with Crippen molar-refractivity contribution in [2.24, 2.45) is 0 Å². The predicted molar refractivity (Wildman–Crippen MR) is 77.7 cm³/mol. The minimum Gasteiger partial charge on any atom is -0.485 e. The molecule has 0 radical (unpaired) electrons. The van der Waals surface area contributed by atoms with Crippen LogP contribution in [0.1, 0.15) is 17.2 Å². The summed E-state index contributed by atoms with van der Waals surface area (Å²) in [6, 6.07) is 12.2. The minimum atomic E-state index is -0.827. The Labute approximate surface area is 121 Å². The Kier molecular flexibility index (Phi) is 3.68. The molecular formula is C16H15FO2S. The molecule has 4 heteroatoms. The number of rotatable bonds is 2.